The molecule has 1 aromatic heterocycles. The largest absolute Gasteiger partial charge is 0.493 e. The van der Waals surface area contributed by atoms with Crippen molar-refractivity contribution in [3.63, 3.8) is 0 Å². The Labute approximate surface area is 119 Å². The first-order valence-electron chi connectivity index (χ1n) is 6.64. The van der Waals surface area contributed by atoms with Gasteiger partial charge in [0, 0.05) is 0 Å². The topological polar surface area (TPSA) is 43.6 Å². The predicted molar refractivity (Wildman–Crippen MR) is 78.3 cm³/mol. The molecule has 0 unspecified atom stereocenters. The highest BCUT2D eigenvalue weighted by Crippen LogP contribution is 2.28. The quantitative estimate of drug-likeness (QED) is 0.879. The second-order valence-corrected chi connectivity index (χ2v) is 4.79. The van der Waals surface area contributed by atoms with Gasteiger partial charge < -0.3 is 19.2 Å². The highest BCUT2D eigenvalue weighted by molar-refractivity contribution is 5.42. The lowest BCUT2D eigenvalue weighted by Crippen LogP contribution is -2.04. The van der Waals surface area contributed by atoms with Gasteiger partial charge in [0.1, 0.15) is 18.1 Å². The van der Waals surface area contributed by atoms with Crippen molar-refractivity contribution in [3.05, 3.63) is 46.9 Å². The van der Waals surface area contributed by atoms with Crippen LogP contribution in [0.2, 0.25) is 0 Å². The van der Waals surface area contributed by atoms with Crippen molar-refractivity contribution >= 4 is 0 Å². The lowest BCUT2D eigenvalue weighted by Gasteiger charge is -2.10. The van der Waals surface area contributed by atoms with E-state index < -0.39 is 0 Å². The number of methoxy groups -OCH3 is 1. The van der Waals surface area contributed by atoms with Crippen LogP contribution in [0.4, 0.5) is 0 Å². The lowest BCUT2D eigenvalue weighted by atomic mass is 10.2. The molecule has 4 heteroatoms. The summed E-state index contributed by atoms with van der Waals surface area (Å²) < 4.78 is 16.8. The molecule has 1 aromatic carbocycles. The summed E-state index contributed by atoms with van der Waals surface area (Å²) in [6.45, 7) is 5.17. The van der Waals surface area contributed by atoms with Gasteiger partial charge in [-0.3, -0.25) is 0 Å². The second-order valence-electron chi connectivity index (χ2n) is 4.79. The first-order valence-corrected chi connectivity index (χ1v) is 6.64. The number of nitrogens with one attached hydrogen (secondary N) is 1. The fourth-order valence-electron chi connectivity index (χ4n) is 2.04. The highest BCUT2D eigenvalue weighted by Gasteiger charge is 2.09. The van der Waals surface area contributed by atoms with Crippen LogP contribution in [0.5, 0.6) is 11.5 Å². The molecule has 0 aliphatic rings. The van der Waals surface area contributed by atoms with Gasteiger partial charge >= 0.3 is 0 Å². The van der Waals surface area contributed by atoms with Crippen LogP contribution in [-0.2, 0) is 13.2 Å². The molecular weight excluding hydrogens is 254 g/mol. The number of ether oxygens (including phenoxy) is 2. The van der Waals surface area contributed by atoms with Crippen molar-refractivity contribution in [2.75, 3.05) is 14.2 Å². The Bertz CT molecular complexity index is 575. The van der Waals surface area contributed by atoms with E-state index in [1.54, 1.807) is 7.11 Å². The molecule has 20 heavy (non-hydrogen) atoms. The van der Waals surface area contributed by atoms with Crippen LogP contribution in [0.25, 0.3) is 0 Å². The molecule has 2 aromatic rings. The lowest BCUT2D eigenvalue weighted by molar-refractivity contribution is 0.252. The van der Waals surface area contributed by atoms with Gasteiger partial charge in [-0.05, 0) is 50.2 Å². The van der Waals surface area contributed by atoms with Gasteiger partial charge in [-0.1, -0.05) is 6.07 Å². The highest BCUT2D eigenvalue weighted by atomic mass is 16.5. The van der Waals surface area contributed by atoms with E-state index in [1.165, 1.54) is 0 Å². The van der Waals surface area contributed by atoms with Gasteiger partial charge in [-0.15, -0.1) is 0 Å². The van der Waals surface area contributed by atoms with Crippen molar-refractivity contribution in [1.29, 1.82) is 0 Å². The minimum atomic E-state index is 0.393. The molecule has 0 amide bonds. The second kappa shape index (κ2) is 6.48. The Morgan fingerprint density at radius 1 is 1.15 bits per heavy atom. The molecule has 108 valence electrons. The van der Waals surface area contributed by atoms with E-state index in [2.05, 4.69) is 5.32 Å². The van der Waals surface area contributed by atoms with Crippen LogP contribution in [0, 0.1) is 13.8 Å². The van der Waals surface area contributed by atoms with Gasteiger partial charge in [0.15, 0.2) is 11.5 Å². The number of benzene rings is 1. The average molecular weight is 275 g/mol. The van der Waals surface area contributed by atoms with Gasteiger partial charge in [0.05, 0.1) is 13.7 Å². The third-order valence-corrected chi connectivity index (χ3v) is 3.10. The van der Waals surface area contributed by atoms with E-state index in [0.29, 0.717) is 6.61 Å². The van der Waals surface area contributed by atoms with E-state index in [4.69, 9.17) is 13.9 Å². The fourth-order valence-corrected chi connectivity index (χ4v) is 2.04. The Kier molecular flexibility index (Phi) is 4.69. The van der Waals surface area contributed by atoms with Crippen LogP contribution in [0.3, 0.4) is 0 Å². The number of furan rings is 1. The molecular formula is C16H21NO3. The van der Waals surface area contributed by atoms with E-state index in [0.717, 1.165) is 40.7 Å². The molecule has 4 nitrogen and oxygen atoms in total. The van der Waals surface area contributed by atoms with Crippen molar-refractivity contribution in [3.8, 4) is 11.5 Å². The van der Waals surface area contributed by atoms with Gasteiger partial charge in [-0.25, -0.2) is 0 Å². The molecule has 1 heterocycles. The summed E-state index contributed by atoms with van der Waals surface area (Å²) in [7, 11) is 3.54. The summed E-state index contributed by atoms with van der Waals surface area (Å²) in [4.78, 5) is 0. The molecule has 0 fully saturated rings. The smallest absolute Gasteiger partial charge is 0.161 e. The number of rotatable bonds is 6. The van der Waals surface area contributed by atoms with Crippen LogP contribution < -0.4 is 14.8 Å². The van der Waals surface area contributed by atoms with E-state index in [1.807, 2.05) is 45.2 Å². The zero-order valence-electron chi connectivity index (χ0n) is 12.4. The number of aryl methyl sites for hydroxylation is 2. The van der Waals surface area contributed by atoms with Gasteiger partial charge in [0.2, 0.25) is 0 Å². The molecule has 0 aliphatic heterocycles. The Morgan fingerprint density at radius 3 is 2.65 bits per heavy atom. The Hall–Kier alpha value is -1.94. The van der Waals surface area contributed by atoms with Crippen molar-refractivity contribution in [1.82, 2.24) is 5.32 Å². The van der Waals surface area contributed by atoms with Crippen molar-refractivity contribution in [2.45, 2.75) is 27.0 Å². The Morgan fingerprint density at radius 2 is 1.95 bits per heavy atom. The normalized spacial score (nSPS) is 10.6. The third-order valence-electron chi connectivity index (χ3n) is 3.10. The van der Waals surface area contributed by atoms with Crippen LogP contribution in [-0.4, -0.2) is 14.2 Å². The molecule has 1 N–H and O–H groups in total. The zero-order valence-corrected chi connectivity index (χ0v) is 12.4. The first-order chi connectivity index (χ1) is 9.63. The molecule has 0 saturated heterocycles. The summed E-state index contributed by atoms with van der Waals surface area (Å²) in [5, 5.41) is 3.08. The summed E-state index contributed by atoms with van der Waals surface area (Å²) in [6.07, 6.45) is 0. The Balaban J connectivity index is 2.07. The van der Waals surface area contributed by atoms with E-state index in [9.17, 15) is 0 Å². The molecule has 0 spiro atoms. The predicted octanol–water partition coefficient (Wildman–Crippen LogP) is 3.20. The van der Waals surface area contributed by atoms with Gasteiger partial charge in [0.25, 0.3) is 0 Å². The van der Waals surface area contributed by atoms with Crippen LogP contribution in [0.1, 0.15) is 22.6 Å². The molecule has 0 aliphatic carbocycles. The summed E-state index contributed by atoms with van der Waals surface area (Å²) in [5.41, 5.74) is 2.27. The molecule has 0 atom stereocenters. The van der Waals surface area contributed by atoms with Crippen molar-refractivity contribution in [2.24, 2.45) is 0 Å². The summed E-state index contributed by atoms with van der Waals surface area (Å²) in [6, 6.07) is 7.87. The maximum atomic E-state index is 5.78. The third kappa shape index (κ3) is 3.33. The monoisotopic (exact) mass is 275 g/mol. The molecule has 2 rings (SSSR count). The van der Waals surface area contributed by atoms with Gasteiger partial charge in [-0.2, -0.15) is 0 Å². The average Bonchev–Trinajstić information content (AvgIpc) is 2.78. The number of hydrogen-bond donors (Lipinski definition) is 1. The molecule has 0 saturated carbocycles. The minimum absolute atomic E-state index is 0.393. The zero-order chi connectivity index (χ0) is 14.5. The fraction of sp³-hybridized carbons (Fsp3) is 0.375. The molecule has 0 bridgehead atoms. The maximum Gasteiger partial charge on any atom is 0.161 e. The maximum absolute atomic E-state index is 5.78. The minimum Gasteiger partial charge on any atom is -0.493 e. The van der Waals surface area contributed by atoms with E-state index >= 15 is 0 Å². The standard InChI is InChI=1S/C16H21NO3/c1-11-5-6-14(15(7-11)18-4)19-10-13-8-12(2)16(20-13)9-17-3/h5-8,17H,9-10H2,1-4H3. The SMILES string of the molecule is CNCc1oc(COc2ccc(C)cc2OC)cc1C. The van der Waals surface area contributed by atoms with Crippen LogP contribution in [0.15, 0.2) is 28.7 Å². The van der Waals surface area contributed by atoms with E-state index in [-0.39, 0.29) is 0 Å². The first kappa shape index (κ1) is 14.5. The van der Waals surface area contributed by atoms with Crippen molar-refractivity contribution < 1.29 is 13.9 Å². The number of hydrogen-bond acceptors (Lipinski definition) is 4. The molecule has 0 radical (unpaired) electrons. The summed E-state index contributed by atoms with van der Waals surface area (Å²) in [5.74, 6) is 3.23. The summed E-state index contributed by atoms with van der Waals surface area (Å²) >= 11 is 0. The van der Waals surface area contributed by atoms with Crippen LogP contribution >= 0.6 is 0 Å².